The van der Waals surface area contributed by atoms with Crippen LogP contribution in [0.15, 0.2) is 4.99 Å². The van der Waals surface area contributed by atoms with E-state index in [1.807, 2.05) is 0 Å². The lowest BCUT2D eigenvalue weighted by atomic mass is 10.3. The van der Waals surface area contributed by atoms with E-state index in [0.717, 1.165) is 0 Å². The molecule has 0 aliphatic heterocycles. The number of aliphatic imine (C=N–C) groups is 1. The van der Waals surface area contributed by atoms with E-state index in [9.17, 15) is 0 Å². The maximum absolute atomic E-state index is 7.36. The zero-order valence-electron chi connectivity index (χ0n) is 13.5. The van der Waals surface area contributed by atoms with Gasteiger partial charge in [-0.3, -0.25) is 4.99 Å². The molecule has 6 N–H and O–H groups in total. The van der Waals surface area contributed by atoms with E-state index in [1.54, 1.807) is 0 Å². The molecule has 0 aromatic heterocycles. The summed E-state index contributed by atoms with van der Waals surface area (Å²) in [6.45, 7) is -6.27. The normalized spacial score (nSPS) is 23.4. The topological polar surface area (TPSA) is 90.4 Å². The van der Waals surface area contributed by atoms with Crippen molar-refractivity contribution in [2.45, 2.75) is 12.7 Å². The van der Waals surface area contributed by atoms with Crippen LogP contribution in [0.5, 0.6) is 0 Å². The van der Waals surface area contributed by atoms with Gasteiger partial charge in [-0.15, -0.1) is 24.8 Å². The van der Waals surface area contributed by atoms with Gasteiger partial charge in [0.05, 0.1) is 2.74 Å². The molecule has 0 radical (unpaired) electrons. The molecule has 0 fully saturated rings. The minimum atomic E-state index is -3.37. The largest absolute Gasteiger partial charge is 0.370 e. The van der Waals surface area contributed by atoms with Crippen LogP contribution in [-0.2, 0) is 0 Å². The van der Waals surface area contributed by atoms with Gasteiger partial charge in [0.25, 0.3) is 0 Å². The van der Waals surface area contributed by atoms with E-state index in [0.29, 0.717) is 0 Å². The van der Waals surface area contributed by atoms with Crippen molar-refractivity contribution in [1.29, 1.82) is 0 Å². The van der Waals surface area contributed by atoms with Crippen LogP contribution in [0, 0.1) is 0 Å². The maximum Gasteiger partial charge on any atom is 0.185 e. The van der Waals surface area contributed by atoms with Crippen molar-refractivity contribution in [2.75, 3.05) is 13.0 Å². The smallest absolute Gasteiger partial charge is 0.185 e. The van der Waals surface area contributed by atoms with Crippen LogP contribution < -0.4 is 17.2 Å². The fraction of sp³-hybridized carbons (Fsp3) is 0.800. The summed E-state index contributed by atoms with van der Waals surface area (Å²) in [5.74, 6) is -0.785. The van der Waals surface area contributed by atoms with Gasteiger partial charge in [0, 0.05) is 14.7 Å². The predicted octanol–water partition coefficient (Wildman–Crippen LogP) is -0.158. The van der Waals surface area contributed by atoms with E-state index in [4.69, 9.17) is 28.2 Å². The van der Waals surface area contributed by atoms with Crippen molar-refractivity contribution in [3.05, 3.63) is 0 Å². The minimum Gasteiger partial charge on any atom is -0.370 e. The SMILES string of the molecule is Cl.Cl.[2H]C([2H])(N)C([2H])([2H])C([2H])([2H])C([2H])([2H])N=C(N)N. The molecule has 11 heavy (non-hydrogen) atoms. The first-order valence-corrected chi connectivity index (χ1v) is 2.06. The second-order valence-corrected chi connectivity index (χ2v) is 1.04. The monoisotopic (exact) mass is 210 g/mol. The molecule has 0 aromatic rings. The number of hydrogen-bond donors (Lipinski definition) is 3. The Kier molecular flexibility index (Phi) is 4.72. The second-order valence-electron chi connectivity index (χ2n) is 1.04. The first-order valence-electron chi connectivity index (χ1n) is 6.06. The van der Waals surface area contributed by atoms with Gasteiger partial charge in [0.1, 0.15) is 0 Å². The summed E-state index contributed by atoms with van der Waals surface area (Å²) in [4.78, 5) is 2.93. The molecule has 0 atom stereocenters. The molecule has 0 saturated heterocycles. The molecule has 0 aromatic carbocycles. The molecule has 4 nitrogen and oxygen atoms in total. The average molecular weight is 211 g/mol. The van der Waals surface area contributed by atoms with Crippen molar-refractivity contribution in [3.8, 4) is 0 Å². The Morgan fingerprint density at radius 2 is 1.82 bits per heavy atom. The summed E-state index contributed by atoms with van der Waals surface area (Å²) in [5, 5.41) is 0. The lowest BCUT2D eigenvalue weighted by Gasteiger charge is -1.92. The Bertz CT molecular complexity index is 324. The Morgan fingerprint density at radius 3 is 2.18 bits per heavy atom. The van der Waals surface area contributed by atoms with Crippen molar-refractivity contribution in [3.63, 3.8) is 0 Å². The van der Waals surface area contributed by atoms with Crippen LogP contribution in [0.2, 0.25) is 0 Å². The van der Waals surface area contributed by atoms with E-state index in [2.05, 4.69) is 4.99 Å². The third kappa shape index (κ3) is 17.7. The molecule has 6 heteroatoms. The van der Waals surface area contributed by atoms with Gasteiger partial charge in [0.2, 0.25) is 0 Å². The first-order chi connectivity index (χ1) is 7.17. The quantitative estimate of drug-likeness (QED) is 0.446. The molecule has 0 amide bonds. The highest BCUT2D eigenvalue weighted by atomic mass is 35.5. The lowest BCUT2D eigenvalue weighted by Crippen LogP contribution is -2.23. The van der Waals surface area contributed by atoms with Crippen LogP contribution >= 0.6 is 24.8 Å². The molecule has 0 rings (SSSR count). The van der Waals surface area contributed by atoms with Gasteiger partial charge < -0.3 is 17.2 Å². The van der Waals surface area contributed by atoms with Gasteiger partial charge in [-0.2, -0.15) is 0 Å². The van der Waals surface area contributed by atoms with E-state index >= 15 is 0 Å². The minimum absolute atomic E-state index is 0. The summed E-state index contributed by atoms with van der Waals surface area (Å²) in [5.41, 5.74) is 14.7. The molecule has 0 unspecified atom stereocenters. The Labute approximate surface area is 90.7 Å². The van der Waals surface area contributed by atoms with Crippen LogP contribution in [0.1, 0.15) is 23.7 Å². The van der Waals surface area contributed by atoms with Crippen LogP contribution in [-0.4, -0.2) is 19.0 Å². The Balaban J connectivity index is -0.00000128. The Morgan fingerprint density at radius 1 is 1.27 bits per heavy atom. The maximum atomic E-state index is 7.36. The van der Waals surface area contributed by atoms with Crippen molar-refractivity contribution >= 4 is 30.8 Å². The summed E-state index contributed by atoms with van der Waals surface area (Å²) < 4.78 is 57.8. The summed E-state index contributed by atoms with van der Waals surface area (Å²) >= 11 is 0. The Hall–Kier alpha value is -0.190. The number of nitrogens with two attached hydrogens (primary N) is 3. The third-order valence-corrected chi connectivity index (χ3v) is 0.376. The molecule has 0 heterocycles. The van der Waals surface area contributed by atoms with E-state index < -0.39 is 31.7 Å². The summed E-state index contributed by atoms with van der Waals surface area (Å²) in [6, 6.07) is 0. The zero-order valence-corrected chi connectivity index (χ0v) is 7.13. The van der Waals surface area contributed by atoms with Gasteiger partial charge in [0.15, 0.2) is 5.96 Å². The molecular weight excluding hydrogens is 187 g/mol. The molecule has 0 aliphatic rings. The van der Waals surface area contributed by atoms with Crippen LogP contribution in [0.25, 0.3) is 0 Å². The zero-order chi connectivity index (χ0) is 14.3. The molecule has 0 bridgehead atoms. The van der Waals surface area contributed by atoms with Crippen molar-refractivity contribution < 1.29 is 11.0 Å². The average Bonchev–Trinajstić information content (AvgIpc) is 1.98. The van der Waals surface area contributed by atoms with Crippen molar-refractivity contribution in [1.82, 2.24) is 0 Å². The molecule has 0 aliphatic carbocycles. The van der Waals surface area contributed by atoms with Gasteiger partial charge in [-0.25, -0.2) is 0 Å². The summed E-state index contributed by atoms with van der Waals surface area (Å²) in [6.07, 6.45) is -6.72. The number of nitrogens with zero attached hydrogens (tertiary/aromatic N) is 1. The second kappa shape index (κ2) is 12.5. The lowest BCUT2D eigenvalue weighted by molar-refractivity contribution is 0.755. The fourth-order valence-electron chi connectivity index (χ4n) is 0.157. The fourth-order valence-corrected chi connectivity index (χ4v) is 0.157. The van der Waals surface area contributed by atoms with Gasteiger partial charge >= 0.3 is 0 Å². The van der Waals surface area contributed by atoms with Gasteiger partial charge in [-0.1, -0.05) is 0 Å². The highest BCUT2D eigenvalue weighted by Crippen LogP contribution is 1.84. The first kappa shape index (κ1) is 4.16. The number of guanidine groups is 1. The van der Waals surface area contributed by atoms with E-state index in [-0.39, 0.29) is 24.8 Å². The predicted molar refractivity (Wildman–Crippen MR) is 53.5 cm³/mol. The number of rotatable bonds is 4. The molecule has 0 saturated carbocycles. The standard InChI is InChI=1S/C5H14N4.2ClH/c6-3-1-2-4-9-5(7)8;;/h1-4,6H2,(H4,7,8,9);2*1H/i1D2,2D2,3D2,4D2;;. The molecular formula is C5H16Cl2N4. The van der Waals surface area contributed by atoms with Gasteiger partial charge in [-0.05, 0) is 19.2 Å². The molecule has 70 valence electrons. The van der Waals surface area contributed by atoms with E-state index in [1.165, 1.54) is 0 Å². The van der Waals surface area contributed by atoms with Crippen molar-refractivity contribution in [2.24, 2.45) is 22.2 Å². The number of halogens is 2. The molecule has 0 spiro atoms. The highest BCUT2D eigenvalue weighted by molar-refractivity contribution is 5.85. The van der Waals surface area contributed by atoms with Crippen LogP contribution in [0.4, 0.5) is 0 Å². The number of hydrogen-bond acceptors (Lipinski definition) is 2. The third-order valence-electron chi connectivity index (χ3n) is 0.376. The van der Waals surface area contributed by atoms with Crippen LogP contribution in [0.3, 0.4) is 0 Å². The highest BCUT2D eigenvalue weighted by Gasteiger charge is 1.82. The summed E-state index contributed by atoms with van der Waals surface area (Å²) in [7, 11) is 0.